The standard InChI is InChI=1S/C21H30N4O2/c26-19(23-17-7-3-1-2-4-8-17)21(10-11-21)20(27)25-15-13-24(14-16-25)18-9-5-6-12-22-18/h5-6,9,12,17H,1-4,7-8,10-11,13-16H2,(H,23,26). The molecule has 2 saturated carbocycles. The van der Waals surface area contributed by atoms with Crippen LogP contribution in [0, 0.1) is 5.41 Å². The summed E-state index contributed by atoms with van der Waals surface area (Å²) in [5, 5.41) is 3.21. The van der Waals surface area contributed by atoms with E-state index < -0.39 is 5.41 Å². The first-order valence-corrected chi connectivity index (χ1v) is 10.5. The molecule has 6 nitrogen and oxygen atoms in total. The predicted octanol–water partition coefficient (Wildman–Crippen LogP) is 2.35. The Hall–Kier alpha value is -2.11. The van der Waals surface area contributed by atoms with Crippen LogP contribution in [-0.4, -0.2) is 53.9 Å². The van der Waals surface area contributed by atoms with Gasteiger partial charge >= 0.3 is 0 Å². The Morgan fingerprint density at radius 2 is 1.70 bits per heavy atom. The Morgan fingerprint density at radius 1 is 1.00 bits per heavy atom. The molecule has 2 aliphatic carbocycles. The molecule has 0 radical (unpaired) electrons. The number of piperazine rings is 1. The van der Waals surface area contributed by atoms with Gasteiger partial charge in [-0.05, 0) is 37.8 Å². The zero-order valence-electron chi connectivity index (χ0n) is 16.0. The maximum Gasteiger partial charge on any atom is 0.238 e. The van der Waals surface area contributed by atoms with Gasteiger partial charge < -0.3 is 15.1 Å². The molecule has 1 aromatic heterocycles. The number of carbonyl (C=O) groups excluding carboxylic acids is 2. The van der Waals surface area contributed by atoms with Crippen molar-refractivity contribution in [3.63, 3.8) is 0 Å². The quantitative estimate of drug-likeness (QED) is 0.653. The summed E-state index contributed by atoms with van der Waals surface area (Å²) in [5.41, 5.74) is -0.778. The third kappa shape index (κ3) is 3.94. The Labute approximate surface area is 161 Å². The first-order chi connectivity index (χ1) is 13.2. The summed E-state index contributed by atoms with van der Waals surface area (Å²) in [4.78, 5) is 34.5. The van der Waals surface area contributed by atoms with E-state index in [1.807, 2.05) is 23.1 Å². The van der Waals surface area contributed by atoms with Crippen molar-refractivity contribution in [2.45, 2.75) is 57.4 Å². The predicted molar refractivity (Wildman–Crippen MR) is 104 cm³/mol. The lowest BCUT2D eigenvalue weighted by Crippen LogP contribution is -2.54. The fourth-order valence-electron chi connectivity index (χ4n) is 4.39. The molecule has 0 spiro atoms. The number of hydrogen-bond acceptors (Lipinski definition) is 4. The molecule has 0 atom stereocenters. The highest BCUT2D eigenvalue weighted by molar-refractivity contribution is 6.08. The molecule has 2 amide bonds. The van der Waals surface area contributed by atoms with E-state index in [4.69, 9.17) is 0 Å². The smallest absolute Gasteiger partial charge is 0.238 e. The Bertz CT molecular complexity index is 658. The van der Waals surface area contributed by atoms with Crippen LogP contribution in [0.3, 0.4) is 0 Å². The Morgan fingerprint density at radius 3 is 2.30 bits per heavy atom. The van der Waals surface area contributed by atoms with Crippen molar-refractivity contribution < 1.29 is 9.59 Å². The molecule has 27 heavy (non-hydrogen) atoms. The van der Waals surface area contributed by atoms with E-state index >= 15 is 0 Å². The van der Waals surface area contributed by atoms with Gasteiger partial charge in [-0.1, -0.05) is 31.7 Å². The SMILES string of the molecule is O=C(NC1CCCCCC1)C1(C(=O)N2CCN(c3ccccn3)CC2)CC1. The minimum atomic E-state index is -0.778. The van der Waals surface area contributed by atoms with Gasteiger partial charge in [0.05, 0.1) is 0 Å². The number of hydrogen-bond donors (Lipinski definition) is 1. The van der Waals surface area contributed by atoms with Crippen LogP contribution in [-0.2, 0) is 9.59 Å². The maximum atomic E-state index is 13.1. The Kier molecular flexibility index (Phi) is 5.32. The van der Waals surface area contributed by atoms with E-state index in [0.29, 0.717) is 25.9 Å². The molecular formula is C21H30N4O2. The van der Waals surface area contributed by atoms with Crippen LogP contribution < -0.4 is 10.2 Å². The van der Waals surface area contributed by atoms with Crippen LogP contribution >= 0.6 is 0 Å². The Balaban J connectivity index is 1.33. The van der Waals surface area contributed by atoms with E-state index in [2.05, 4.69) is 15.2 Å². The number of anilines is 1. The van der Waals surface area contributed by atoms with Gasteiger partial charge in [-0.3, -0.25) is 9.59 Å². The lowest BCUT2D eigenvalue weighted by atomic mass is 10.0. The van der Waals surface area contributed by atoms with Gasteiger partial charge in [0.1, 0.15) is 11.2 Å². The van der Waals surface area contributed by atoms with Crippen LogP contribution in [0.1, 0.15) is 51.4 Å². The molecule has 0 aromatic carbocycles. The van der Waals surface area contributed by atoms with Crippen molar-refractivity contribution in [3.05, 3.63) is 24.4 Å². The topological polar surface area (TPSA) is 65.5 Å². The van der Waals surface area contributed by atoms with E-state index in [-0.39, 0.29) is 17.9 Å². The molecule has 1 aliphatic heterocycles. The summed E-state index contributed by atoms with van der Waals surface area (Å²) in [6.45, 7) is 2.86. The zero-order valence-corrected chi connectivity index (χ0v) is 16.0. The summed E-state index contributed by atoms with van der Waals surface area (Å²) in [7, 11) is 0. The zero-order chi connectivity index (χ0) is 18.7. The normalized spacial score (nSPS) is 22.8. The van der Waals surface area contributed by atoms with Gasteiger partial charge in [0, 0.05) is 38.4 Å². The van der Waals surface area contributed by atoms with E-state index in [9.17, 15) is 9.59 Å². The fourth-order valence-corrected chi connectivity index (χ4v) is 4.39. The molecule has 3 fully saturated rings. The number of rotatable bonds is 4. The van der Waals surface area contributed by atoms with Crippen molar-refractivity contribution in [2.75, 3.05) is 31.1 Å². The number of amides is 2. The molecule has 4 rings (SSSR count). The highest BCUT2D eigenvalue weighted by Gasteiger charge is 2.58. The molecule has 3 aliphatic rings. The van der Waals surface area contributed by atoms with Crippen molar-refractivity contribution in [1.82, 2.24) is 15.2 Å². The molecule has 1 N–H and O–H groups in total. The second-order valence-electron chi connectivity index (χ2n) is 8.21. The maximum absolute atomic E-state index is 13.1. The van der Waals surface area contributed by atoms with Crippen LogP contribution in [0.4, 0.5) is 5.82 Å². The van der Waals surface area contributed by atoms with Crippen LogP contribution in [0.15, 0.2) is 24.4 Å². The lowest BCUT2D eigenvalue weighted by Gasteiger charge is -2.37. The summed E-state index contributed by atoms with van der Waals surface area (Å²) in [6, 6.07) is 6.15. The van der Waals surface area contributed by atoms with Crippen molar-refractivity contribution >= 4 is 17.6 Å². The molecule has 1 aromatic rings. The third-order valence-electron chi connectivity index (χ3n) is 6.32. The number of nitrogens with one attached hydrogen (secondary N) is 1. The summed E-state index contributed by atoms with van der Waals surface area (Å²) in [5.74, 6) is 0.970. The van der Waals surface area contributed by atoms with E-state index in [0.717, 1.165) is 31.7 Å². The van der Waals surface area contributed by atoms with Crippen molar-refractivity contribution in [1.29, 1.82) is 0 Å². The highest BCUT2D eigenvalue weighted by Crippen LogP contribution is 2.48. The van der Waals surface area contributed by atoms with Crippen molar-refractivity contribution in [2.24, 2.45) is 5.41 Å². The first-order valence-electron chi connectivity index (χ1n) is 10.5. The van der Waals surface area contributed by atoms with Crippen molar-refractivity contribution in [3.8, 4) is 0 Å². The lowest BCUT2D eigenvalue weighted by molar-refractivity contribution is -0.144. The van der Waals surface area contributed by atoms with Gasteiger partial charge in [0.15, 0.2) is 0 Å². The molecule has 6 heteroatoms. The van der Waals surface area contributed by atoms with Gasteiger partial charge in [-0.15, -0.1) is 0 Å². The van der Waals surface area contributed by atoms with Gasteiger partial charge in [0.25, 0.3) is 0 Å². The molecule has 0 unspecified atom stereocenters. The van der Waals surface area contributed by atoms with Gasteiger partial charge in [0.2, 0.25) is 11.8 Å². The number of nitrogens with zero attached hydrogens (tertiary/aromatic N) is 3. The van der Waals surface area contributed by atoms with Crippen LogP contribution in [0.5, 0.6) is 0 Å². The number of carbonyl (C=O) groups is 2. The number of aromatic nitrogens is 1. The second-order valence-corrected chi connectivity index (χ2v) is 8.21. The minimum absolute atomic E-state index is 0.0217. The monoisotopic (exact) mass is 370 g/mol. The number of pyridine rings is 1. The minimum Gasteiger partial charge on any atom is -0.353 e. The third-order valence-corrected chi connectivity index (χ3v) is 6.32. The fraction of sp³-hybridized carbons (Fsp3) is 0.667. The summed E-state index contributed by atoms with van der Waals surface area (Å²) in [6.07, 6.45) is 10.2. The molecule has 2 heterocycles. The largest absolute Gasteiger partial charge is 0.353 e. The molecule has 1 saturated heterocycles. The highest BCUT2D eigenvalue weighted by atomic mass is 16.2. The second kappa shape index (κ2) is 7.87. The first kappa shape index (κ1) is 18.3. The average molecular weight is 370 g/mol. The molecule has 146 valence electrons. The van der Waals surface area contributed by atoms with Gasteiger partial charge in [-0.2, -0.15) is 0 Å². The summed E-state index contributed by atoms with van der Waals surface area (Å²) >= 11 is 0. The van der Waals surface area contributed by atoms with Crippen LogP contribution in [0.25, 0.3) is 0 Å². The van der Waals surface area contributed by atoms with E-state index in [1.165, 1.54) is 25.7 Å². The van der Waals surface area contributed by atoms with Gasteiger partial charge in [-0.25, -0.2) is 4.98 Å². The van der Waals surface area contributed by atoms with E-state index in [1.54, 1.807) is 6.20 Å². The summed E-state index contributed by atoms with van der Waals surface area (Å²) < 4.78 is 0. The molecule has 0 bridgehead atoms. The van der Waals surface area contributed by atoms with Crippen LogP contribution in [0.2, 0.25) is 0 Å². The average Bonchev–Trinajstić information content (AvgIpc) is 3.54. The molecular weight excluding hydrogens is 340 g/mol.